The molecule has 1 fully saturated rings. The van der Waals surface area contributed by atoms with Gasteiger partial charge >= 0.3 is 0 Å². The Morgan fingerprint density at radius 3 is 2.71 bits per heavy atom. The van der Waals surface area contributed by atoms with E-state index in [-0.39, 0.29) is 0 Å². The van der Waals surface area contributed by atoms with Gasteiger partial charge in [0.15, 0.2) is 5.69 Å². The van der Waals surface area contributed by atoms with E-state index in [0.29, 0.717) is 5.69 Å². The highest BCUT2D eigenvalue weighted by atomic mass is 16.8. The molecule has 0 aliphatic heterocycles. The summed E-state index contributed by atoms with van der Waals surface area (Å²) < 4.78 is 0. The van der Waals surface area contributed by atoms with Crippen molar-refractivity contribution in [1.29, 1.82) is 0 Å². The van der Waals surface area contributed by atoms with E-state index in [0.717, 1.165) is 63.0 Å². The number of aryl methyl sites for hydroxylation is 2. The SMILES string of the molecule is Cc1cc([NH+]([O-])O)c(C)c2c1[nH]c1ccc(/C(CCC3CCCC3)=N/N)cc12. The maximum atomic E-state index is 11.7. The molecule has 2 aromatic carbocycles. The maximum absolute atomic E-state index is 11.7. The monoisotopic (exact) mass is 380 g/mol. The van der Waals surface area contributed by atoms with Crippen LogP contribution in [0.15, 0.2) is 29.4 Å². The number of hydrazone groups is 1. The van der Waals surface area contributed by atoms with Gasteiger partial charge in [0.1, 0.15) is 0 Å². The van der Waals surface area contributed by atoms with Crippen molar-refractivity contribution in [3.63, 3.8) is 0 Å². The van der Waals surface area contributed by atoms with E-state index in [1.165, 1.54) is 25.7 Å². The lowest BCUT2D eigenvalue weighted by atomic mass is 9.95. The van der Waals surface area contributed by atoms with Crippen LogP contribution in [-0.2, 0) is 0 Å². The summed E-state index contributed by atoms with van der Waals surface area (Å²) in [5.74, 6) is 6.53. The average Bonchev–Trinajstić information content (AvgIpc) is 3.32. The smallest absolute Gasteiger partial charge is 0.167 e. The summed E-state index contributed by atoms with van der Waals surface area (Å²) in [7, 11) is 0. The van der Waals surface area contributed by atoms with Gasteiger partial charge in [-0.05, 0) is 55.9 Å². The van der Waals surface area contributed by atoms with Crippen molar-refractivity contribution >= 4 is 33.2 Å². The van der Waals surface area contributed by atoms with Gasteiger partial charge in [-0.2, -0.15) is 10.3 Å². The summed E-state index contributed by atoms with van der Waals surface area (Å²) in [5.41, 5.74) is 6.01. The van der Waals surface area contributed by atoms with Gasteiger partial charge in [-0.3, -0.25) is 0 Å². The molecule has 1 aliphatic carbocycles. The molecular formula is C22H28N4O2. The van der Waals surface area contributed by atoms with Gasteiger partial charge in [0.25, 0.3) is 0 Å². The van der Waals surface area contributed by atoms with E-state index in [9.17, 15) is 10.4 Å². The van der Waals surface area contributed by atoms with Crippen molar-refractivity contribution in [2.45, 2.75) is 52.4 Å². The largest absolute Gasteiger partial charge is 0.595 e. The molecule has 1 unspecified atom stereocenters. The number of aromatic amines is 1. The third kappa shape index (κ3) is 3.28. The second-order valence-corrected chi connectivity index (χ2v) is 8.07. The van der Waals surface area contributed by atoms with Crippen LogP contribution in [0.5, 0.6) is 0 Å². The molecule has 0 saturated heterocycles. The van der Waals surface area contributed by atoms with Gasteiger partial charge < -0.3 is 16.0 Å². The van der Waals surface area contributed by atoms with Crippen LogP contribution >= 0.6 is 0 Å². The fraction of sp³-hybridized carbons (Fsp3) is 0.409. The predicted molar refractivity (Wildman–Crippen MR) is 113 cm³/mol. The first-order chi connectivity index (χ1) is 13.5. The van der Waals surface area contributed by atoms with Crippen LogP contribution in [0, 0.1) is 25.0 Å². The molecular weight excluding hydrogens is 352 g/mol. The fourth-order valence-corrected chi connectivity index (χ4v) is 4.73. The summed E-state index contributed by atoms with van der Waals surface area (Å²) in [6.07, 6.45) is 7.32. The molecule has 0 radical (unpaired) electrons. The highest BCUT2D eigenvalue weighted by molar-refractivity contribution is 6.13. The second kappa shape index (κ2) is 7.54. The van der Waals surface area contributed by atoms with Gasteiger partial charge in [0.2, 0.25) is 0 Å². The molecule has 0 spiro atoms. The zero-order valence-electron chi connectivity index (χ0n) is 16.5. The van der Waals surface area contributed by atoms with Crippen molar-refractivity contribution in [2.75, 3.05) is 0 Å². The number of fused-ring (bicyclic) bond motifs is 3. The fourth-order valence-electron chi connectivity index (χ4n) is 4.73. The molecule has 1 aromatic heterocycles. The molecule has 1 heterocycles. The van der Waals surface area contributed by atoms with Crippen molar-refractivity contribution in [2.24, 2.45) is 16.9 Å². The van der Waals surface area contributed by atoms with Gasteiger partial charge in [-0.25, -0.2) is 5.21 Å². The lowest BCUT2D eigenvalue weighted by Gasteiger charge is -2.16. The maximum Gasteiger partial charge on any atom is 0.167 e. The Balaban J connectivity index is 1.77. The topological polar surface area (TPSA) is 102 Å². The van der Waals surface area contributed by atoms with Gasteiger partial charge in [-0.15, -0.1) is 0 Å². The molecule has 0 amide bonds. The molecule has 148 valence electrons. The van der Waals surface area contributed by atoms with Crippen LogP contribution in [0.3, 0.4) is 0 Å². The summed E-state index contributed by atoms with van der Waals surface area (Å²) in [4.78, 5) is 3.45. The molecule has 1 saturated carbocycles. The van der Waals surface area contributed by atoms with Gasteiger partial charge in [-0.1, -0.05) is 31.7 Å². The van der Waals surface area contributed by atoms with Gasteiger partial charge in [0, 0.05) is 27.9 Å². The van der Waals surface area contributed by atoms with E-state index >= 15 is 0 Å². The van der Waals surface area contributed by atoms with E-state index in [4.69, 9.17) is 5.84 Å². The van der Waals surface area contributed by atoms with Crippen LogP contribution in [0.25, 0.3) is 21.8 Å². The molecule has 5 N–H and O–H groups in total. The Hall–Kier alpha value is -2.41. The third-order valence-electron chi connectivity index (χ3n) is 6.32. The summed E-state index contributed by atoms with van der Waals surface area (Å²) in [6, 6.07) is 7.95. The molecule has 3 aromatic rings. The number of hydrogen-bond acceptors (Lipinski definition) is 4. The highest BCUT2D eigenvalue weighted by Gasteiger charge is 2.19. The minimum atomic E-state index is -0.895. The van der Waals surface area contributed by atoms with Crippen LogP contribution in [0.1, 0.15) is 55.2 Å². The summed E-state index contributed by atoms with van der Waals surface area (Å²) in [5, 5.41) is 26.4. The predicted octanol–water partition coefficient (Wildman–Crippen LogP) is 3.97. The Morgan fingerprint density at radius 2 is 2.04 bits per heavy atom. The standard InChI is InChI=1S/C22H28N4O2/c1-13-11-20(26(27)28)14(2)21-17-12-16(8-10-19(17)24-22(13)21)18(25-23)9-7-15-5-3-4-6-15/h8,10-12,15,24,26-27H,3-7,9,23H2,1-2H3/b25-18+. The van der Waals surface area contributed by atoms with Crippen LogP contribution < -0.4 is 11.1 Å². The first kappa shape index (κ1) is 18.9. The highest BCUT2D eigenvalue weighted by Crippen LogP contribution is 2.34. The van der Waals surface area contributed by atoms with E-state index in [2.05, 4.69) is 22.2 Å². The zero-order chi connectivity index (χ0) is 19.8. The Labute approximate surface area is 164 Å². The lowest BCUT2D eigenvalue weighted by Crippen LogP contribution is -2.99. The minimum Gasteiger partial charge on any atom is -0.595 e. The Morgan fingerprint density at radius 1 is 1.29 bits per heavy atom. The number of benzene rings is 2. The van der Waals surface area contributed by atoms with Crippen molar-refractivity contribution < 1.29 is 10.4 Å². The molecule has 28 heavy (non-hydrogen) atoms. The third-order valence-corrected chi connectivity index (χ3v) is 6.32. The molecule has 1 aliphatic rings. The van der Waals surface area contributed by atoms with Crippen LogP contribution in [0.2, 0.25) is 0 Å². The molecule has 6 heteroatoms. The number of rotatable bonds is 5. The first-order valence-corrected chi connectivity index (χ1v) is 10.1. The average molecular weight is 380 g/mol. The van der Waals surface area contributed by atoms with Gasteiger partial charge in [0.05, 0.1) is 11.2 Å². The lowest BCUT2D eigenvalue weighted by molar-refractivity contribution is -0.991. The van der Waals surface area contributed by atoms with Crippen LogP contribution in [-0.4, -0.2) is 15.9 Å². The van der Waals surface area contributed by atoms with Crippen LogP contribution in [0.4, 0.5) is 5.69 Å². The Bertz CT molecular complexity index is 1050. The number of H-pyrrole nitrogens is 1. The number of nitrogens with two attached hydrogens (primary N) is 1. The minimum absolute atomic E-state index is 0.352. The molecule has 0 bridgehead atoms. The molecule has 1 atom stereocenters. The number of nitrogens with zero attached hydrogens (tertiary/aromatic N) is 1. The molecule has 4 rings (SSSR count). The zero-order valence-corrected chi connectivity index (χ0v) is 16.5. The van der Waals surface area contributed by atoms with E-state index < -0.39 is 5.23 Å². The van der Waals surface area contributed by atoms with E-state index in [1.54, 1.807) is 6.07 Å². The summed E-state index contributed by atoms with van der Waals surface area (Å²) >= 11 is 0. The van der Waals surface area contributed by atoms with Crippen molar-refractivity contribution in [3.8, 4) is 0 Å². The number of hydrogen-bond donors (Lipinski definition) is 4. The Kier molecular flexibility index (Phi) is 5.10. The normalized spacial score (nSPS) is 17.1. The summed E-state index contributed by atoms with van der Waals surface area (Å²) in [6.45, 7) is 3.82. The first-order valence-electron chi connectivity index (χ1n) is 10.1. The quantitative estimate of drug-likeness (QED) is 0.306. The molecule has 6 nitrogen and oxygen atoms in total. The number of aromatic nitrogens is 1. The van der Waals surface area contributed by atoms with Crippen molar-refractivity contribution in [3.05, 3.63) is 46.2 Å². The van der Waals surface area contributed by atoms with E-state index in [1.807, 2.05) is 19.9 Å². The number of quaternary nitrogens is 1. The number of nitrogens with one attached hydrogen (secondary N) is 2. The second-order valence-electron chi connectivity index (χ2n) is 8.07. The van der Waals surface area contributed by atoms with Crippen molar-refractivity contribution in [1.82, 2.24) is 4.98 Å².